The summed E-state index contributed by atoms with van der Waals surface area (Å²) >= 11 is 1.81. The Morgan fingerprint density at radius 3 is 2.48 bits per heavy atom. The zero-order valence-electron chi connectivity index (χ0n) is 14.5. The lowest BCUT2D eigenvalue weighted by Crippen LogP contribution is -2.26. The van der Waals surface area contributed by atoms with Crippen molar-refractivity contribution in [2.45, 2.75) is 58.6 Å². The molecule has 2 aromatic rings. The molecule has 0 aliphatic rings. The van der Waals surface area contributed by atoms with Gasteiger partial charge in [-0.2, -0.15) is 0 Å². The van der Waals surface area contributed by atoms with E-state index in [4.69, 9.17) is 0 Å². The van der Waals surface area contributed by atoms with E-state index in [2.05, 4.69) is 55.3 Å². The Labute approximate surface area is 143 Å². The minimum Gasteiger partial charge on any atom is -0.393 e. The van der Waals surface area contributed by atoms with Gasteiger partial charge in [0, 0.05) is 17.5 Å². The maximum atomic E-state index is 9.81. The van der Waals surface area contributed by atoms with Gasteiger partial charge in [-0.05, 0) is 45.1 Å². The second kappa shape index (κ2) is 8.57. The summed E-state index contributed by atoms with van der Waals surface area (Å²) in [6.07, 6.45) is 1.47. The Hall–Kier alpha value is -1.23. The van der Waals surface area contributed by atoms with E-state index in [1.807, 2.05) is 13.0 Å². The number of nitrogens with zero attached hydrogens (tertiary/aromatic N) is 1. The van der Waals surface area contributed by atoms with E-state index in [1.165, 1.54) is 15.4 Å². The zero-order valence-corrected chi connectivity index (χ0v) is 15.4. The summed E-state index contributed by atoms with van der Waals surface area (Å²) in [6, 6.07) is 10.7. The normalized spacial score (nSPS) is 15.3. The molecule has 3 nitrogen and oxygen atoms in total. The third-order valence-electron chi connectivity index (χ3n) is 4.14. The van der Waals surface area contributed by atoms with Gasteiger partial charge in [-0.25, -0.2) is 4.98 Å². The number of benzene rings is 1. The van der Waals surface area contributed by atoms with Crippen molar-refractivity contribution in [3.63, 3.8) is 0 Å². The molecule has 0 amide bonds. The molecule has 126 valence electrons. The summed E-state index contributed by atoms with van der Waals surface area (Å²) in [5.41, 5.74) is 2.42. The molecule has 2 rings (SSSR count). The van der Waals surface area contributed by atoms with Crippen LogP contribution in [-0.2, 0) is 6.42 Å². The Bertz CT molecular complexity index is 595. The highest BCUT2D eigenvalue weighted by Gasteiger charge is 2.18. The zero-order chi connectivity index (χ0) is 16.8. The SMILES string of the molecule is CCc1nc(C)c(C(C)NCC(CC(C)O)c2ccccc2)s1. The van der Waals surface area contributed by atoms with E-state index in [-0.39, 0.29) is 12.1 Å². The summed E-state index contributed by atoms with van der Waals surface area (Å²) in [6.45, 7) is 9.15. The molecule has 0 spiro atoms. The molecule has 3 atom stereocenters. The first kappa shape index (κ1) is 18.1. The van der Waals surface area contributed by atoms with Gasteiger partial charge < -0.3 is 10.4 Å². The Morgan fingerprint density at radius 1 is 1.22 bits per heavy atom. The molecule has 0 radical (unpaired) electrons. The number of aliphatic hydroxyl groups is 1. The number of rotatable bonds is 8. The fourth-order valence-electron chi connectivity index (χ4n) is 2.90. The van der Waals surface area contributed by atoms with Crippen LogP contribution in [0.25, 0.3) is 0 Å². The minimum absolute atomic E-state index is 0.285. The molecule has 4 heteroatoms. The van der Waals surface area contributed by atoms with Crippen molar-refractivity contribution in [2.24, 2.45) is 0 Å². The molecule has 3 unspecified atom stereocenters. The molecule has 1 aromatic heterocycles. The quantitative estimate of drug-likeness (QED) is 0.761. The van der Waals surface area contributed by atoms with Crippen molar-refractivity contribution in [2.75, 3.05) is 6.54 Å². The number of aromatic nitrogens is 1. The minimum atomic E-state index is -0.297. The molecule has 1 aromatic carbocycles. The predicted molar refractivity (Wildman–Crippen MR) is 98.1 cm³/mol. The molecule has 0 bridgehead atoms. The predicted octanol–water partition coefficient (Wildman–Crippen LogP) is 4.22. The van der Waals surface area contributed by atoms with E-state index >= 15 is 0 Å². The molecule has 0 saturated heterocycles. The molecule has 23 heavy (non-hydrogen) atoms. The topological polar surface area (TPSA) is 45.2 Å². The Morgan fingerprint density at radius 2 is 1.91 bits per heavy atom. The molecule has 0 saturated carbocycles. The number of aliphatic hydroxyl groups excluding tert-OH is 1. The van der Waals surface area contributed by atoms with E-state index in [9.17, 15) is 5.11 Å². The monoisotopic (exact) mass is 332 g/mol. The van der Waals surface area contributed by atoms with Crippen molar-refractivity contribution < 1.29 is 5.11 Å². The summed E-state index contributed by atoms with van der Waals surface area (Å²) in [4.78, 5) is 5.95. The highest BCUT2D eigenvalue weighted by molar-refractivity contribution is 7.11. The van der Waals surface area contributed by atoms with Crippen molar-refractivity contribution in [1.29, 1.82) is 0 Å². The second-order valence-corrected chi connectivity index (χ2v) is 7.35. The summed E-state index contributed by atoms with van der Waals surface area (Å²) in [5.74, 6) is 0.317. The van der Waals surface area contributed by atoms with Gasteiger partial charge in [0.15, 0.2) is 0 Å². The summed E-state index contributed by atoms with van der Waals surface area (Å²) in [5, 5.41) is 14.7. The van der Waals surface area contributed by atoms with Gasteiger partial charge in [0.25, 0.3) is 0 Å². The lowest BCUT2D eigenvalue weighted by Gasteiger charge is -2.22. The molecular formula is C19H28N2OS. The van der Waals surface area contributed by atoms with Crippen LogP contribution in [0, 0.1) is 6.92 Å². The van der Waals surface area contributed by atoms with Crippen LogP contribution >= 0.6 is 11.3 Å². The smallest absolute Gasteiger partial charge is 0.0928 e. The van der Waals surface area contributed by atoms with Crippen molar-refractivity contribution in [3.8, 4) is 0 Å². The molecule has 0 aliphatic carbocycles. The maximum Gasteiger partial charge on any atom is 0.0928 e. The number of hydrogen-bond donors (Lipinski definition) is 2. The first-order chi connectivity index (χ1) is 11.0. The van der Waals surface area contributed by atoms with Crippen LogP contribution in [0.15, 0.2) is 30.3 Å². The van der Waals surface area contributed by atoms with Gasteiger partial charge in [0.1, 0.15) is 0 Å². The van der Waals surface area contributed by atoms with Gasteiger partial charge in [0.2, 0.25) is 0 Å². The van der Waals surface area contributed by atoms with Crippen LogP contribution in [-0.4, -0.2) is 22.7 Å². The lowest BCUT2D eigenvalue weighted by atomic mass is 9.93. The largest absolute Gasteiger partial charge is 0.393 e. The number of nitrogens with one attached hydrogen (secondary N) is 1. The first-order valence-electron chi connectivity index (χ1n) is 8.43. The Balaban J connectivity index is 2.04. The van der Waals surface area contributed by atoms with Crippen molar-refractivity contribution >= 4 is 11.3 Å². The summed E-state index contributed by atoms with van der Waals surface area (Å²) < 4.78 is 0. The van der Waals surface area contributed by atoms with E-state index < -0.39 is 0 Å². The van der Waals surface area contributed by atoms with Gasteiger partial charge in [-0.1, -0.05) is 37.3 Å². The van der Waals surface area contributed by atoms with Crippen molar-refractivity contribution in [3.05, 3.63) is 51.5 Å². The molecule has 1 heterocycles. The highest BCUT2D eigenvalue weighted by atomic mass is 32.1. The summed E-state index contributed by atoms with van der Waals surface area (Å²) in [7, 11) is 0. The third kappa shape index (κ3) is 5.13. The molecule has 0 aliphatic heterocycles. The van der Waals surface area contributed by atoms with E-state index in [0.29, 0.717) is 5.92 Å². The van der Waals surface area contributed by atoms with Crippen LogP contribution in [0.2, 0.25) is 0 Å². The van der Waals surface area contributed by atoms with Crippen LogP contribution < -0.4 is 5.32 Å². The van der Waals surface area contributed by atoms with Gasteiger partial charge >= 0.3 is 0 Å². The van der Waals surface area contributed by atoms with Gasteiger partial charge in [0.05, 0.1) is 16.8 Å². The number of hydrogen-bond acceptors (Lipinski definition) is 4. The Kier molecular flexibility index (Phi) is 6.75. The van der Waals surface area contributed by atoms with Crippen LogP contribution in [0.1, 0.15) is 60.3 Å². The lowest BCUT2D eigenvalue weighted by molar-refractivity contribution is 0.173. The second-order valence-electron chi connectivity index (χ2n) is 6.23. The van der Waals surface area contributed by atoms with Crippen LogP contribution in [0.5, 0.6) is 0 Å². The molecule has 0 fully saturated rings. The third-order valence-corrected chi connectivity index (χ3v) is 5.62. The first-order valence-corrected chi connectivity index (χ1v) is 9.25. The number of thiazole rings is 1. The van der Waals surface area contributed by atoms with Crippen LogP contribution in [0.4, 0.5) is 0 Å². The average molecular weight is 333 g/mol. The van der Waals surface area contributed by atoms with E-state index in [0.717, 1.165) is 25.1 Å². The van der Waals surface area contributed by atoms with Gasteiger partial charge in [-0.3, -0.25) is 0 Å². The molecular weight excluding hydrogens is 304 g/mol. The molecule has 2 N–H and O–H groups in total. The highest BCUT2D eigenvalue weighted by Crippen LogP contribution is 2.27. The van der Waals surface area contributed by atoms with E-state index in [1.54, 1.807) is 11.3 Å². The average Bonchev–Trinajstić information content (AvgIpc) is 2.93. The number of aryl methyl sites for hydroxylation is 2. The van der Waals surface area contributed by atoms with Crippen LogP contribution in [0.3, 0.4) is 0 Å². The maximum absolute atomic E-state index is 9.81. The van der Waals surface area contributed by atoms with Gasteiger partial charge in [-0.15, -0.1) is 11.3 Å². The standard InChI is InChI=1S/C19H28N2OS/c1-5-18-21-15(4)19(23-18)14(3)20-12-17(11-13(2)22)16-9-7-6-8-10-16/h6-10,13-14,17,20,22H,5,11-12H2,1-4H3. The fraction of sp³-hybridized carbons (Fsp3) is 0.526. The van der Waals surface area contributed by atoms with Crippen molar-refractivity contribution in [1.82, 2.24) is 10.3 Å². The fourth-order valence-corrected chi connectivity index (χ4v) is 3.94.